The van der Waals surface area contributed by atoms with Gasteiger partial charge in [0.05, 0.1) is 0 Å². The molecule has 94 valence electrons. The van der Waals surface area contributed by atoms with E-state index in [9.17, 15) is 0 Å². The summed E-state index contributed by atoms with van der Waals surface area (Å²) in [6, 6.07) is 16.4. The van der Waals surface area contributed by atoms with Crippen LogP contribution in [0.1, 0.15) is 0 Å². The van der Waals surface area contributed by atoms with Gasteiger partial charge in [0.2, 0.25) is 0 Å². The molecule has 0 aliphatic carbocycles. The van der Waals surface area contributed by atoms with Crippen LogP contribution in [0.25, 0.3) is 22.3 Å². The Labute approximate surface area is 114 Å². The van der Waals surface area contributed by atoms with Crippen LogP contribution in [0.15, 0.2) is 64.2 Å². The van der Waals surface area contributed by atoms with Crippen molar-refractivity contribution in [2.24, 2.45) is 5.16 Å². The van der Waals surface area contributed by atoms with Crippen LogP contribution in [0, 0.1) is 0 Å². The fourth-order valence-electron chi connectivity index (χ4n) is 1.96. The molecule has 4 heteroatoms. The molecule has 1 heterocycles. The van der Waals surface area contributed by atoms with E-state index in [1.165, 1.54) is 0 Å². The highest BCUT2D eigenvalue weighted by Crippen LogP contribution is 2.23. The minimum absolute atomic E-state index is 0.479. The van der Waals surface area contributed by atoms with Gasteiger partial charge >= 0.3 is 0 Å². The van der Waals surface area contributed by atoms with Crippen molar-refractivity contribution in [1.82, 2.24) is 0 Å². The second-order valence-corrected chi connectivity index (χ2v) is 4.54. The van der Waals surface area contributed by atoms with Crippen molar-refractivity contribution in [3.63, 3.8) is 0 Å². The average molecular weight is 272 g/mol. The minimum atomic E-state index is 0.479. The summed E-state index contributed by atoms with van der Waals surface area (Å²) >= 11 is 5.86. The largest absolute Gasteiger partial charge is 0.456 e. The summed E-state index contributed by atoms with van der Waals surface area (Å²) in [6.07, 6.45) is 0. The Kier molecular flexibility index (Phi) is 2.97. The predicted octanol–water partition coefficient (Wildman–Crippen LogP) is 4.04. The molecular formula is C15H10ClNO2. The SMILES string of the molecule is O/N=c1\cc(-c2ccc(Cl)cc2)oc2ccccc12. The lowest BCUT2D eigenvalue weighted by molar-refractivity contribution is 0.302. The Bertz CT molecular complexity index is 791. The van der Waals surface area contributed by atoms with Crippen molar-refractivity contribution >= 4 is 22.6 Å². The predicted molar refractivity (Wildman–Crippen MR) is 74.0 cm³/mol. The summed E-state index contributed by atoms with van der Waals surface area (Å²) < 4.78 is 5.82. The number of rotatable bonds is 1. The van der Waals surface area contributed by atoms with Crippen molar-refractivity contribution in [3.05, 3.63) is 65.0 Å². The molecule has 1 aromatic heterocycles. The zero-order valence-electron chi connectivity index (χ0n) is 9.88. The number of fused-ring (bicyclic) bond motifs is 1. The maximum Gasteiger partial charge on any atom is 0.136 e. The normalized spacial score (nSPS) is 11.9. The highest BCUT2D eigenvalue weighted by molar-refractivity contribution is 6.30. The van der Waals surface area contributed by atoms with Crippen molar-refractivity contribution in [2.75, 3.05) is 0 Å². The molecule has 1 N–H and O–H groups in total. The molecule has 0 fully saturated rings. The maximum absolute atomic E-state index is 9.11. The average Bonchev–Trinajstić information content (AvgIpc) is 2.47. The molecule has 3 aromatic rings. The van der Waals surface area contributed by atoms with Crippen LogP contribution in [-0.4, -0.2) is 5.21 Å². The van der Waals surface area contributed by atoms with E-state index in [-0.39, 0.29) is 0 Å². The molecule has 2 aromatic carbocycles. The molecular weight excluding hydrogens is 262 g/mol. The van der Waals surface area contributed by atoms with Gasteiger partial charge in [0, 0.05) is 22.0 Å². The van der Waals surface area contributed by atoms with Crippen molar-refractivity contribution in [3.8, 4) is 11.3 Å². The zero-order chi connectivity index (χ0) is 13.2. The quantitative estimate of drug-likeness (QED) is 0.536. The van der Waals surface area contributed by atoms with Gasteiger partial charge in [-0.2, -0.15) is 0 Å². The van der Waals surface area contributed by atoms with Gasteiger partial charge in [-0.25, -0.2) is 0 Å². The molecule has 0 atom stereocenters. The summed E-state index contributed by atoms with van der Waals surface area (Å²) in [6.45, 7) is 0. The minimum Gasteiger partial charge on any atom is -0.456 e. The van der Waals surface area contributed by atoms with Gasteiger partial charge in [-0.1, -0.05) is 28.9 Å². The maximum atomic E-state index is 9.11. The van der Waals surface area contributed by atoms with Crippen LogP contribution in [0.4, 0.5) is 0 Å². The van der Waals surface area contributed by atoms with Gasteiger partial charge in [0.1, 0.15) is 16.7 Å². The molecule has 0 spiro atoms. The first-order valence-corrected chi connectivity index (χ1v) is 6.12. The summed E-state index contributed by atoms with van der Waals surface area (Å²) in [5.41, 5.74) is 1.54. The topological polar surface area (TPSA) is 45.7 Å². The smallest absolute Gasteiger partial charge is 0.136 e. The van der Waals surface area contributed by atoms with Crippen LogP contribution in [-0.2, 0) is 0 Å². The molecule has 3 rings (SSSR count). The van der Waals surface area contributed by atoms with E-state index >= 15 is 0 Å². The zero-order valence-corrected chi connectivity index (χ0v) is 10.6. The number of nitrogens with zero attached hydrogens (tertiary/aromatic N) is 1. The number of benzene rings is 2. The van der Waals surface area contributed by atoms with Crippen LogP contribution in [0.3, 0.4) is 0 Å². The van der Waals surface area contributed by atoms with Crippen LogP contribution < -0.4 is 5.36 Å². The Morgan fingerprint density at radius 2 is 1.74 bits per heavy atom. The number of hydrogen-bond acceptors (Lipinski definition) is 3. The third-order valence-corrected chi connectivity index (χ3v) is 3.14. The lowest BCUT2D eigenvalue weighted by Crippen LogP contribution is -2.02. The van der Waals surface area contributed by atoms with E-state index in [0.29, 0.717) is 21.7 Å². The monoisotopic (exact) mass is 271 g/mol. The molecule has 0 aliphatic heterocycles. The molecule has 0 saturated carbocycles. The third kappa shape index (κ3) is 2.20. The lowest BCUT2D eigenvalue weighted by Gasteiger charge is -2.04. The third-order valence-electron chi connectivity index (χ3n) is 2.89. The first-order valence-electron chi connectivity index (χ1n) is 5.75. The summed E-state index contributed by atoms with van der Waals surface area (Å²) in [7, 11) is 0. The molecule has 3 nitrogen and oxygen atoms in total. The van der Waals surface area contributed by atoms with Gasteiger partial charge in [0.15, 0.2) is 0 Å². The van der Waals surface area contributed by atoms with Gasteiger partial charge in [0.25, 0.3) is 0 Å². The summed E-state index contributed by atoms with van der Waals surface area (Å²) in [5, 5.41) is 14.3. The van der Waals surface area contributed by atoms with Gasteiger partial charge in [-0.3, -0.25) is 0 Å². The Hall–Kier alpha value is -2.26. The fourth-order valence-corrected chi connectivity index (χ4v) is 2.08. The molecule has 0 radical (unpaired) electrons. The Morgan fingerprint density at radius 1 is 1.00 bits per heavy atom. The lowest BCUT2D eigenvalue weighted by atomic mass is 10.1. The Balaban J connectivity index is 2.28. The van der Waals surface area contributed by atoms with Gasteiger partial charge < -0.3 is 9.62 Å². The molecule has 0 bridgehead atoms. The number of halogens is 1. The van der Waals surface area contributed by atoms with E-state index in [0.717, 1.165) is 10.9 Å². The first kappa shape index (κ1) is 11.8. The molecule has 0 amide bonds. The van der Waals surface area contributed by atoms with E-state index in [1.54, 1.807) is 18.2 Å². The first-order chi connectivity index (χ1) is 9.28. The van der Waals surface area contributed by atoms with Crippen molar-refractivity contribution in [1.29, 1.82) is 0 Å². The van der Waals surface area contributed by atoms with Crippen LogP contribution in [0.5, 0.6) is 0 Å². The van der Waals surface area contributed by atoms with E-state index < -0.39 is 0 Å². The van der Waals surface area contributed by atoms with Crippen molar-refractivity contribution < 1.29 is 9.62 Å². The van der Waals surface area contributed by atoms with Crippen LogP contribution in [0.2, 0.25) is 5.02 Å². The second kappa shape index (κ2) is 4.78. The second-order valence-electron chi connectivity index (χ2n) is 4.10. The molecule has 0 unspecified atom stereocenters. The Morgan fingerprint density at radius 3 is 2.47 bits per heavy atom. The number of hydrogen-bond donors (Lipinski definition) is 1. The van der Waals surface area contributed by atoms with E-state index in [4.69, 9.17) is 21.2 Å². The summed E-state index contributed by atoms with van der Waals surface area (Å²) in [5.74, 6) is 0.628. The van der Waals surface area contributed by atoms with Gasteiger partial charge in [-0.05, 0) is 36.4 Å². The highest BCUT2D eigenvalue weighted by atomic mass is 35.5. The molecule has 19 heavy (non-hydrogen) atoms. The van der Waals surface area contributed by atoms with E-state index in [2.05, 4.69) is 5.16 Å². The van der Waals surface area contributed by atoms with Gasteiger partial charge in [-0.15, -0.1) is 0 Å². The number of para-hydroxylation sites is 1. The molecule has 0 aliphatic rings. The fraction of sp³-hybridized carbons (Fsp3) is 0. The highest BCUT2D eigenvalue weighted by Gasteiger charge is 2.05. The van der Waals surface area contributed by atoms with Crippen LogP contribution >= 0.6 is 11.6 Å². The van der Waals surface area contributed by atoms with Crippen molar-refractivity contribution in [2.45, 2.75) is 0 Å². The summed E-state index contributed by atoms with van der Waals surface area (Å²) in [4.78, 5) is 0. The molecule has 0 saturated heterocycles. The van der Waals surface area contributed by atoms with E-state index in [1.807, 2.05) is 36.4 Å². The standard InChI is InChI=1S/C15H10ClNO2/c16-11-7-5-10(6-8-11)15-9-13(17-18)12-3-1-2-4-14(12)19-15/h1-9,18H/b17-13+.